The first-order valence-electron chi connectivity index (χ1n) is 28.4. The molecule has 0 radical (unpaired) electrons. The van der Waals surface area contributed by atoms with Gasteiger partial charge in [0.25, 0.3) is 11.8 Å². The van der Waals surface area contributed by atoms with E-state index < -0.39 is 17.9 Å². The minimum atomic E-state index is -0.817. The summed E-state index contributed by atoms with van der Waals surface area (Å²) in [7, 11) is 3.55. The molecule has 4 amide bonds. The average Bonchev–Trinajstić information content (AvgIpc) is 3.65. The highest BCUT2D eigenvalue weighted by Gasteiger charge is 2.37. The Morgan fingerprint density at radius 1 is 0.741 bits per heavy atom. The molecule has 4 heterocycles. The minimum absolute atomic E-state index is 0.00817. The number of nitrogens with one attached hydrogen (secondary N) is 3. The van der Waals surface area contributed by atoms with Gasteiger partial charge in [0.15, 0.2) is 17.3 Å². The van der Waals surface area contributed by atoms with Crippen LogP contribution in [0.1, 0.15) is 132 Å². The van der Waals surface area contributed by atoms with Crippen LogP contribution in [0.3, 0.4) is 0 Å². The maximum absolute atomic E-state index is 14.3. The van der Waals surface area contributed by atoms with Gasteiger partial charge >= 0.3 is 0 Å². The van der Waals surface area contributed by atoms with Crippen LogP contribution in [-0.2, 0) is 63.2 Å². The zero-order chi connectivity index (χ0) is 57.2. The van der Waals surface area contributed by atoms with Gasteiger partial charge in [0.1, 0.15) is 31.4 Å². The third-order valence-corrected chi connectivity index (χ3v) is 15.9. The van der Waals surface area contributed by atoms with E-state index in [1.54, 1.807) is 45.2 Å². The highest BCUT2D eigenvalue weighted by atomic mass is 16.6. The molecule has 0 fully saturated rings. The zero-order valence-electron chi connectivity index (χ0n) is 47.4. The molecule has 5 aromatic rings. The second-order valence-corrected chi connectivity index (χ2v) is 21.9. The number of nitrogens with zero attached hydrogens (tertiary/aromatic N) is 4. The number of unbranched alkanes of at least 4 members (excludes halogenated alkanes) is 2. The lowest BCUT2D eigenvalue weighted by molar-refractivity contribution is -0.129. The number of likely N-dealkylation sites (N-methyl/N-ethyl adjacent to an activating group) is 1. The van der Waals surface area contributed by atoms with Crippen molar-refractivity contribution in [1.82, 2.24) is 15.1 Å². The molecule has 0 saturated carbocycles. The van der Waals surface area contributed by atoms with Crippen LogP contribution < -0.4 is 35.1 Å². The van der Waals surface area contributed by atoms with E-state index >= 15 is 0 Å². The predicted octanol–water partition coefficient (Wildman–Crippen LogP) is 9.53. The number of benzene rings is 5. The van der Waals surface area contributed by atoms with Gasteiger partial charge in [0.05, 0.1) is 47.7 Å². The summed E-state index contributed by atoms with van der Waals surface area (Å²) in [6.07, 6.45) is 6.54. The van der Waals surface area contributed by atoms with Gasteiger partial charge in [0, 0.05) is 88.9 Å². The Balaban J connectivity index is 0.872. The first-order valence-corrected chi connectivity index (χ1v) is 28.4. The van der Waals surface area contributed by atoms with Crippen molar-refractivity contribution in [2.45, 2.75) is 136 Å². The number of oxime groups is 1. The summed E-state index contributed by atoms with van der Waals surface area (Å²) in [4.78, 5) is 92.0. The molecule has 4 aliphatic heterocycles. The van der Waals surface area contributed by atoms with Crippen LogP contribution in [0.15, 0.2) is 96.2 Å². The predicted molar refractivity (Wildman–Crippen MR) is 311 cm³/mol. The Labute approximate surface area is 474 Å². The second-order valence-electron chi connectivity index (χ2n) is 21.9. The molecule has 0 aromatic heterocycles. The average molecular weight is 1100 g/mol. The monoisotopic (exact) mass is 1100 g/mol. The van der Waals surface area contributed by atoms with E-state index in [1.165, 1.54) is 23.8 Å². The maximum atomic E-state index is 14.3. The third kappa shape index (κ3) is 14.0. The van der Waals surface area contributed by atoms with Gasteiger partial charge in [-0.3, -0.25) is 28.8 Å². The van der Waals surface area contributed by atoms with Crippen LogP contribution in [0.25, 0.3) is 0 Å². The molecule has 4 aliphatic rings. The minimum Gasteiger partial charge on any atom is -0.493 e. The summed E-state index contributed by atoms with van der Waals surface area (Å²) in [5, 5.41) is 13.0. The van der Waals surface area contributed by atoms with Crippen LogP contribution in [0, 0.1) is 12.8 Å². The van der Waals surface area contributed by atoms with Gasteiger partial charge in [0.2, 0.25) is 11.8 Å². The molecule has 17 nitrogen and oxygen atoms in total. The number of hydrogen-bond acceptors (Lipinski definition) is 13. The number of methoxy groups -OCH3 is 1. The number of ketones is 2. The molecule has 0 bridgehead atoms. The van der Waals surface area contributed by atoms with Gasteiger partial charge in [-0.25, -0.2) is 0 Å². The summed E-state index contributed by atoms with van der Waals surface area (Å²) >= 11 is 0. The summed E-state index contributed by atoms with van der Waals surface area (Å²) < 4.78 is 19.0. The van der Waals surface area contributed by atoms with Crippen LogP contribution >= 0.6 is 0 Å². The van der Waals surface area contributed by atoms with Crippen molar-refractivity contribution < 1.29 is 47.8 Å². The Morgan fingerprint density at radius 3 is 2.04 bits per heavy atom. The number of carbonyl (C=O) groups excluding carboxylic acids is 6. The number of Topliss-reactive ketones (excluding diaryl/α,β-unsaturated/α-hetero) is 2. The van der Waals surface area contributed by atoms with E-state index in [2.05, 4.69) is 50.3 Å². The number of hydrogen-bond donors (Lipinski definition) is 3. The number of amides is 4. The fourth-order valence-electron chi connectivity index (χ4n) is 11.3. The van der Waals surface area contributed by atoms with Crippen molar-refractivity contribution in [1.29, 1.82) is 0 Å². The van der Waals surface area contributed by atoms with Crippen molar-refractivity contribution in [3.05, 3.63) is 141 Å². The fraction of sp³-hybridized carbons (Fsp3) is 0.422. The lowest BCUT2D eigenvalue weighted by Crippen LogP contribution is -2.47. The number of carbonyl (C=O) groups is 6. The van der Waals surface area contributed by atoms with Crippen molar-refractivity contribution >= 4 is 58.5 Å². The lowest BCUT2D eigenvalue weighted by Gasteiger charge is -2.36. The van der Waals surface area contributed by atoms with E-state index in [0.717, 1.165) is 42.5 Å². The van der Waals surface area contributed by atoms with Gasteiger partial charge < -0.3 is 49.7 Å². The molecule has 0 aliphatic carbocycles. The van der Waals surface area contributed by atoms with Crippen LogP contribution in [-0.4, -0.2) is 103 Å². The number of rotatable bonds is 24. The van der Waals surface area contributed by atoms with Crippen molar-refractivity contribution in [2.24, 2.45) is 11.1 Å². The molecular weight excluding hydrogens is 1030 g/mol. The fourth-order valence-corrected chi connectivity index (χ4v) is 11.3. The van der Waals surface area contributed by atoms with Gasteiger partial charge in [-0.15, -0.1) is 0 Å². The van der Waals surface area contributed by atoms with E-state index in [4.69, 9.17) is 19.0 Å². The normalized spacial score (nSPS) is 16.9. The largest absolute Gasteiger partial charge is 0.493 e. The highest BCUT2D eigenvalue weighted by Crippen LogP contribution is 2.40. The number of fused-ring (bicyclic) bond motifs is 6. The van der Waals surface area contributed by atoms with Crippen molar-refractivity contribution in [3.8, 4) is 17.2 Å². The Hall–Kier alpha value is -8.21. The van der Waals surface area contributed by atoms with Crippen LogP contribution in [0.4, 0.5) is 17.1 Å². The molecule has 0 saturated heterocycles. The van der Waals surface area contributed by atoms with Gasteiger partial charge in [-0.1, -0.05) is 60.6 Å². The molecular formula is C64H75N7O10. The molecule has 17 heteroatoms. The van der Waals surface area contributed by atoms with Crippen LogP contribution in [0.5, 0.6) is 17.2 Å². The maximum Gasteiger partial charge on any atom is 0.256 e. The molecule has 9 rings (SSSR count). The molecule has 3 N–H and O–H groups in total. The Morgan fingerprint density at radius 2 is 1.36 bits per heavy atom. The zero-order valence-corrected chi connectivity index (χ0v) is 47.4. The summed E-state index contributed by atoms with van der Waals surface area (Å²) in [5.74, 6) is -0.266. The topological polar surface area (TPSA) is 198 Å². The Kier molecular flexibility index (Phi) is 18.7. The molecule has 0 spiro atoms. The van der Waals surface area contributed by atoms with E-state index in [9.17, 15) is 28.8 Å². The SMILES string of the molecule is CC=NOCCCCC(=O)CCCCC(=O)N[C@@H](C)C(=O)C[C@@H](C)C(=O)Nc1cc(COc2cc3c(cc2C)C(=O)N2Cc4ccccc4C[C@H]2CN3C)cc(COc2cc3c(cc2OC)C(=O)N2Cc4ccccc4C[C@H]2CN3)c1. The number of aryl methyl sites for hydroxylation is 1. The molecule has 4 atom stereocenters. The van der Waals surface area contributed by atoms with E-state index in [0.29, 0.717) is 109 Å². The molecule has 426 valence electrons. The third-order valence-electron chi connectivity index (χ3n) is 15.9. The van der Waals surface area contributed by atoms with E-state index in [-0.39, 0.29) is 67.4 Å². The molecule has 5 aromatic carbocycles. The first kappa shape index (κ1) is 57.5. The summed E-state index contributed by atoms with van der Waals surface area (Å²) in [6.45, 7) is 9.88. The molecule has 81 heavy (non-hydrogen) atoms. The highest BCUT2D eigenvalue weighted by molar-refractivity contribution is 6.02. The van der Waals surface area contributed by atoms with Crippen molar-refractivity contribution in [3.63, 3.8) is 0 Å². The molecule has 0 unspecified atom stereocenters. The smallest absolute Gasteiger partial charge is 0.256 e. The number of ether oxygens (including phenoxy) is 3. The van der Waals surface area contributed by atoms with Gasteiger partial charge in [-0.05, 0) is 129 Å². The van der Waals surface area contributed by atoms with E-state index in [1.807, 2.05) is 72.3 Å². The second kappa shape index (κ2) is 26.4. The number of anilines is 3. The lowest BCUT2D eigenvalue weighted by atomic mass is 9.93. The summed E-state index contributed by atoms with van der Waals surface area (Å²) in [6, 6.07) is 28.7. The van der Waals surface area contributed by atoms with Gasteiger partial charge in [-0.2, -0.15) is 0 Å². The first-order chi connectivity index (χ1) is 39.2. The quantitative estimate of drug-likeness (QED) is 0.0301. The summed E-state index contributed by atoms with van der Waals surface area (Å²) in [5.41, 5.74) is 10.0. The Bertz CT molecular complexity index is 3190. The standard InChI is InChI=1S/C64H75N7O10/c1-7-66-81-23-15-14-21-52(72)20-12-13-22-61(74)67-42(4)57(73)25-41(3)62(75)68-49-27-43(38-79-58-33-56-54(24-40(58)2)64(77)71-36-48-19-11-9-17-46(48)30-51(71)37-69(56)5)26-44(28-49)39-80-60-32-55-53(31-59(60)78-6)63(76)70-35-47-18-10-8-16-45(47)29-50(70)34-65-55/h7-11,16-19,24,26-28,31-33,41-42,50-51,65H,12-15,20-23,25,29-30,34-39H2,1-6H3,(H,67,74)(H,68,75)/t41-,42+,50+,51+/m1/s1. The van der Waals surface area contributed by atoms with Crippen molar-refractivity contribution in [2.75, 3.05) is 49.4 Å². The van der Waals surface area contributed by atoms with Crippen LogP contribution in [0.2, 0.25) is 0 Å².